The van der Waals surface area contributed by atoms with E-state index in [1.807, 2.05) is 0 Å². The highest BCUT2D eigenvalue weighted by Crippen LogP contribution is 2.26. The summed E-state index contributed by atoms with van der Waals surface area (Å²) in [6.07, 6.45) is 4.96. The van der Waals surface area contributed by atoms with Gasteiger partial charge in [0.25, 0.3) is 0 Å². The molecule has 0 aliphatic carbocycles. The summed E-state index contributed by atoms with van der Waals surface area (Å²) in [5, 5.41) is 4.41. The average molecular weight is 239 g/mol. The Kier molecular flexibility index (Phi) is 3.07. The van der Waals surface area contributed by atoms with Crippen molar-refractivity contribution in [1.82, 2.24) is 14.8 Å². The molecule has 0 aliphatic rings. The highest BCUT2D eigenvalue weighted by molar-refractivity contribution is 6.31. The molecule has 0 fully saturated rings. The first-order valence-corrected chi connectivity index (χ1v) is 5.08. The third kappa shape index (κ3) is 2.32. The van der Waals surface area contributed by atoms with Crippen molar-refractivity contribution < 1.29 is 4.74 Å². The van der Waals surface area contributed by atoms with Gasteiger partial charge in [0, 0.05) is 19.8 Å². The monoisotopic (exact) mass is 238 g/mol. The Morgan fingerprint density at radius 2 is 2.31 bits per heavy atom. The second-order valence-corrected chi connectivity index (χ2v) is 3.69. The quantitative estimate of drug-likeness (QED) is 0.884. The molecule has 2 aromatic heterocycles. The van der Waals surface area contributed by atoms with E-state index in [4.69, 9.17) is 22.1 Å². The Morgan fingerprint density at radius 3 is 2.88 bits per heavy atom. The molecule has 2 rings (SSSR count). The van der Waals surface area contributed by atoms with Gasteiger partial charge in [0.15, 0.2) is 5.75 Å². The molecule has 6 heteroatoms. The summed E-state index contributed by atoms with van der Waals surface area (Å²) in [6.45, 7) is 0.403. The fraction of sp³-hybridized carbons (Fsp3) is 0.200. The number of hydrogen-bond donors (Lipinski definition) is 1. The molecule has 0 aromatic carbocycles. The first-order chi connectivity index (χ1) is 7.69. The van der Waals surface area contributed by atoms with Crippen LogP contribution in [-0.2, 0) is 13.6 Å². The maximum atomic E-state index is 5.99. The summed E-state index contributed by atoms with van der Waals surface area (Å²) in [7, 11) is 1.80. The molecular weight excluding hydrogens is 228 g/mol. The fourth-order valence-corrected chi connectivity index (χ4v) is 1.44. The predicted octanol–water partition coefficient (Wildman–Crippen LogP) is 1.72. The summed E-state index contributed by atoms with van der Waals surface area (Å²) >= 11 is 5.99. The molecule has 0 amide bonds. The highest BCUT2D eigenvalue weighted by Gasteiger charge is 2.06. The van der Waals surface area contributed by atoms with E-state index in [9.17, 15) is 0 Å². The molecule has 0 saturated heterocycles. The number of pyridine rings is 1. The van der Waals surface area contributed by atoms with Crippen LogP contribution in [0.3, 0.4) is 0 Å². The second kappa shape index (κ2) is 4.51. The van der Waals surface area contributed by atoms with Crippen molar-refractivity contribution in [3.05, 3.63) is 35.2 Å². The van der Waals surface area contributed by atoms with Gasteiger partial charge in [-0.3, -0.25) is 4.68 Å². The van der Waals surface area contributed by atoms with E-state index in [1.54, 1.807) is 36.4 Å². The third-order valence-corrected chi connectivity index (χ3v) is 2.27. The molecule has 0 spiro atoms. The summed E-state index contributed by atoms with van der Waals surface area (Å²) in [5.41, 5.74) is 6.34. The van der Waals surface area contributed by atoms with Crippen LogP contribution in [0.5, 0.6) is 11.6 Å². The maximum Gasteiger partial charge on any atom is 0.238 e. The van der Waals surface area contributed by atoms with E-state index in [0.717, 1.165) is 5.56 Å². The van der Waals surface area contributed by atoms with Gasteiger partial charge in [0.05, 0.1) is 12.4 Å². The number of aromatic nitrogens is 3. The van der Waals surface area contributed by atoms with Crippen LogP contribution in [0.25, 0.3) is 0 Å². The average Bonchev–Trinajstić information content (AvgIpc) is 2.67. The van der Waals surface area contributed by atoms with Crippen molar-refractivity contribution in [3.8, 4) is 11.6 Å². The topological polar surface area (TPSA) is 66.0 Å². The highest BCUT2D eigenvalue weighted by atomic mass is 35.5. The Labute approximate surface area is 97.8 Å². The van der Waals surface area contributed by atoms with Gasteiger partial charge in [-0.25, -0.2) is 4.98 Å². The molecular formula is C10H11ClN4O. The number of nitrogens with zero attached hydrogens (tertiary/aromatic N) is 3. The molecule has 84 valence electrons. The molecule has 0 atom stereocenters. The lowest BCUT2D eigenvalue weighted by molar-refractivity contribution is 0.462. The Bertz CT molecular complexity index is 497. The number of hydrogen-bond acceptors (Lipinski definition) is 4. The molecule has 0 saturated carbocycles. The van der Waals surface area contributed by atoms with Crippen LogP contribution < -0.4 is 10.5 Å². The van der Waals surface area contributed by atoms with Crippen molar-refractivity contribution in [2.24, 2.45) is 12.8 Å². The standard InChI is InChI=1S/C10H11ClN4O/c1-15-6-8(5-14-15)16-10-9(11)2-7(3-12)4-13-10/h2,4-6H,3,12H2,1H3. The van der Waals surface area contributed by atoms with Crippen molar-refractivity contribution in [3.63, 3.8) is 0 Å². The molecule has 2 heterocycles. The molecule has 0 aliphatic heterocycles. The number of aryl methyl sites for hydroxylation is 1. The second-order valence-electron chi connectivity index (χ2n) is 3.29. The maximum absolute atomic E-state index is 5.99. The van der Waals surface area contributed by atoms with Gasteiger partial charge in [0.2, 0.25) is 5.88 Å². The summed E-state index contributed by atoms with van der Waals surface area (Å²) in [6, 6.07) is 1.74. The van der Waals surface area contributed by atoms with Crippen molar-refractivity contribution in [1.29, 1.82) is 0 Å². The molecule has 0 bridgehead atoms. The normalized spacial score (nSPS) is 10.4. The zero-order valence-corrected chi connectivity index (χ0v) is 9.48. The Balaban J connectivity index is 2.21. The van der Waals surface area contributed by atoms with E-state index in [-0.39, 0.29) is 0 Å². The van der Waals surface area contributed by atoms with Crippen LogP contribution in [0, 0.1) is 0 Å². The molecule has 5 nitrogen and oxygen atoms in total. The minimum atomic E-state index is 0.354. The summed E-state index contributed by atoms with van der Waals surface area (Å²) in [4.78, 5) is 4.08. The lowest BCUT2D eigenvalue weighted by atomic mass is 10.3. The first-order valence-electron chi connectivity index (χ1n) is 4.70. The van der Waals surface area contributed by atoms with Gasteiger partial charge >= 0.3 is 0 Å². The van der Waals surface area contributed by atoms with Gasteiger partial charge < -0.3 is 10.5 Å². The van der Waals surface area contributed by atoms with Crippen molar-refractivity contribution in [2.75, 3.05) is 0 Å². The smallest absolute Gasteiger partial charge is 0.238 e. The van der Waals surface area contributed by atoms with Crippen LogP contribution in [-0.4, -0.2) is 14.8 Å². The third-order valence-electron chi connectivity index (χ3n) is 2.00. The van der Waals surface area contributed by atoms with E-state index >= 15 is 0 Å². The SMILES string of the molecule is Cn1cc(Oc2ncc(CN)cc2Cl)cn1. The van der Waals surface area contributed by atoms with Gasteiger partial charge in [-0.2, -0.15) is 5.10 Å². The molecule has 16 heavy (non-hydrogen) atoms. The lowest BCUT2D eigenvalue weighted by Gasteiger charge is -2.04. The van der Waals surface area contributed by atoms with Crippen molar-refractivity contribution >= 4 is 11.6 Å². The molecule has 0 radical (unpaired) electrons. The number of ether oxygens (including phenoxy) is 1. The van der Waals surface area contributed by atoms with Crippen LogP contribution >= 0.6 is 11.6 Å². The number of nitrogens with two attached hydrogens (primary N) is 1. The van der Waals surface area contributed by atoms with Gasteiger partial charge in [-0.05, 0) is 11.6 Å². The minimum Gasteiger partial charge on any atom is -0.434 e. The zero-order chi connectivity index (χ0) is 11.5. The predicted molar refractivity (Wildman–Crippen MR) is 60.4 cm³/mol. The van der Waals surface area contributed by atoms with E-state index in [0.29, 0.717) is 23.2 Å². The fourth-order valence-electron chi connectivity index (χ4n) is 1.21. The number of rotatable bonds is 3. The van der Waals surface area contributed by atoms with Crippen LogP contribution in [0.1, 0.15) is 5.56 Å². The molecule has 2 N–H and O–H groups in total. The van der Waals surface area contributed by atoms with Crippen LogP contribution in [0.15, 0.2) is 24.7 Å². The van der Waals surface area contributed by atoms with E-state index < -0.39 is 0 Å². The molecule has 2 aromatic rings. The Hall–Kier alpha value is -1.59. The summed E-state index contributed by atoms with van der Waals surface area (Å²) in [5.74, 6) is 0.948. The van der Waals surface area contributed by atoms with E-state index in [2.05, 4.69) is 10.1 Å². The van der Waals surface area contributed by atoms with Crippen molar-refractivity contribution in [2.45, 2.75) is 6.54 Å². The first kappa shape index (κ1) is 10.9. The van der Waals surface area contributed by atoms with Gasteiger partial charge in [0.1, 0.15) is 5.02 Å². The van der Waals surface area contributed by atoms with Gasteiger partial charge in [-0.1, -0.05) is 11.6 Å². The minimum absolute atomic E-state index is 0.354. The van der Waals surface area contributed by atoms with E-state index in [1.165, 1.54) is 0 Å². The van der Waals surface area contributed by atoms with Crippen LogP contribution in [0.2, 0.25) is 5.02 Å². The van der Waals surface area contributed by atoms with Crippen LogP contribution in [0.4, 0.5) is 0 Å². The lowest BCUT2D eigenvalue weighted by Crippen LogP contribution is -1.98. The zero-order valence-electron chi connectivity index (χ0n) is 8.72. The largest absolute Gasteiger partial charge is 0.434 e. The molecule has 0 unspecified atom stereocenters. The summed E-state index contributed by atoms with van der Waals surface area (Å²) < 4.78 is 7.10. The van der Waals surface area contributed by atoms with Gasteiger partial charge in [-0.15, -0.1) is 0 Å². The number of halogens is 1. The Morgan fingerprint density at radius 1 is 1.50 bits per heavy atom.